The van der Waals surface area contributed by atoms with Gasteiger partial charge in [-0.3, -0.25) is 0 Å². The van der Waals surface area contributed by atoms with Crippen molar-refractivity contribution in [2.24, 2.45) is 0 Å². The standard InChI is InChI=1S/C61H41N5/c1-6-18-42(19-7-1)44-32-34-48(35-33-44)59-64-58(47-26-14-5-15-27-47)65-60(66-59)52-31-17-29-50(37-52)49-28-16-30-51(36-49)54-38-53(43-20-8-2-9-21-43)39-55(40-54)61-62-56(45-22-10-3-11-23-45)41-57(63-61)46-24-12-4-13-25-46/h1-41H. The first kappa shape index (κ1) is 39.9. The van der Waals surface area contributed by atoms with Gasteiger partial charge in [-0.2, -0.15) is 0 Å². The topological polar surface area (TPSA) is 64.5 Å². The Morgan fingerprint density at radius 3 is 0.924 bits per heavy atom. The summed E-state index contributed by atoms with van der Waals surface area (Å²) in [6, 6.07) is 86.0. The maximum atomic E-state index is 5.21. The smallest absolute Gasteiger partial charge is 0.164 e. The van der Waals surface area contributed by atoms with E-state index >= 15 is 0 Å². The molecule has 11 aromatic rings. The molecule has 0 bridgehead atoms. The molecule has 2 aromatic heterocycles. The van der Waals surface area contributed by atoms with Gasteiger partial charge in [0.2, 0.25) is 0 Å². The Kier molecular flexibility index (Phi) is 10.9. The monoisotopic (exact) mass is 843 g/mol. The number of rotatable bonds is 10. The van der Waals surface area contributed by atoms with Gasteiger partial charge < -0.3 is 0 Å². The first-order valence-electron chi connectivity index (χ1n) is 22.1. The van der Waals surface area contributed by atoms with Crippen LogP contribution in [0.25, 0.3) is 113 Å². The maximum absolute atomic E-state index is 5.21. The second-order valence-corrected chi connectivity index (χ2v) is 16.1. The number of aromatic nitrogens is 5. The third-order valence-electron chi connectivity index (χ3n) is 11.7. The highest BCUT2D eigenvalue weighted by Gasteiger charge is 2.16. The summed E-state index contributed by atoms with van der Waals surface area (Å²) in [6.07, 6.45) is 0. The Morgan fingerprint density at radius 2 is 0.424 bits per heavy atom. The van der Waals surface area contributed by atoms with Crippen molar-refractivity contribution in [1.29, 1.82) is 0 Å². The molecule has 0 aliphatic carbocycles. The Bertz CT molecular complexity index is 3370. The highest BCUT2D eigenvalue weighted by atomic mass is 15.0. The first-order valence-corrected chi connectivity index (χ1v) is 22.1. The Hall–Kier alpha value is -8.93. The van der Waals surface area contributed by atoms with E-state index in [1.54, 1.807) is 0 Å². The van der Waals surface area contributed by atoms with E-state index in [1.807, 2.05) is 78.9 Å². The van der Waals surface area contributed by atoms with E-state index < -0.39 is 0 Å². The molecule has 0 amide bonds. The fraction of sp³-hybridized carbons (Fsp3) is 0. The van der Waals surface area contributed by atoms with Gasteiger partial charge in [0.1, 0.15) is 0 Å². The minimum atomic E-state index is 0.608. The van der Waals surface area contributed by atoms with Gasteiger partial charge in [0.15, 0.2) is 23.3 Å². The summed E-state index contributed by atoms with van der Waals surface area (Å²) in [6.45, 7) is 0. The molecule has 66 heavy (non-hydrogen) atoms. The van der Waals surface area contributed by atoms with Crippen LogP contribution < -0.4 is 0 Å². The summed E-state index contributed by atoms with van der Waals surface area (Å²) in [5, 5.41) is 0. The van der Waals surface area contributed by atoms with Crippen LogP contribution in [0.3, 0.4) is 0 Å². The van der Waals surface area contributed by atoms with Crippen molar-refractivity contribution in [3.05, 3.63) is 249 Å². The predicted molar refractivity (Wildman–Crippen MR) is 270 cm³/mol. The minimum absolute atomic E-state index is 0.608. The number of hydrogen-bond donors (Lipinski definition) is 0. The van der Waals surface area contributed by atoms with E-state index in [-0.39, 0.29) is 0 Å². The van der Waals surface area contributed by atoms with Gasteiger partial charge in [-0.05, 0) is 80.9 Å². The van der Waals surface area contributed by atoms with E-state index in [0.29, 0.717) is 23.3 Å². The second-order valence-electron chi connectivity index (χ2n) is 16.1. The highest BCUT2D eigenvalue weighted by molar-refractivity contribution is 5.83. The molecule has 0 radical (unpaired) electrons. The largest absolute Gasteiger partial charge is 0.228 e. The van der Waals surface area contributed by atoms with E-state index in [9.17, 15) is 0 Å². The number of hydrogen-bond acceptors (Lipinski definition) is 5. The van der Waals surface area contributed by atoms with Crippen molar-refractivity contribution >= 4 is 0 Å². The molecule has 0 unspecified atom stereocenters. The summed E-state index contributed by atoms with van der Waals surface area (Å²) in [4.78, 5) is 25.6. The van der Waals surface area contributed by atoms with E-state index in [0.717, 1.165) is 89.3 Å². The van der Waals surface area contributed by atoms with Crippen LogP contribution in [0.5, 0.6) is 0 Å². The lowest BCUT2D eigenvalue weighted by atomic mass is 9.93. The lowest BCUT2D eigenvalue weighted by Gasteiger charge is -2.14. The van der Waals surface area contributed by atoms with Gasteiger partial charge in [-0.15, -0.1) is 0 Å². The van der Waals surface area contributed by atoms with Crippen molar-refractivity contribution in [2.75, 3.05) is 0 Å². The van der Waals surface area contributed by atoms with Crippen molar-refractivity contribution in [1.82, 2.24) is 24.9 Å². The molecule has 0 saturated heterocycles. The van der Waals surface area contributed by atoms with Crippen LogP contribution in [0.4, 0.5) is 0 Å². The molecule has 0 aliphatic rings. The third-order valence-corrected chi connectivity index (χ3v) is 11.7. The highest BCUT2D eigenvalue weighted by Crippen LogP contribution is 2.36. The molecule has 11 rings (SSSR count). The van der Waals surface area contributed by atoms with Gasteiger partial charge in [-0.25, -0.2) is 24.9 Å². The molecule has 0 fully saturated rings. The third kappa shape index (κ3) is 8.57. The molecule has 0 aliphatic heterocycles. The molecule has 0 atom stereocenters. The molecule has 0 spiro atoms. The van der Waals surface area contributed by atoms with Crippen LogP contribution in [0.15, 0.2) is 249 Å². The summed E-state index contributed by atoms with van der Waals surface area (Å²) in [5.74, 6) is 2.51. The quantitative estimate of drug-likeness (QED) is 0.137. The van der Waals surface area contributed by atoms with Crippen LogP contribution in [-0.2, 0) is 0 Å². The molecule has 9 aromatic carbocycles. The lowest BCUT2D eigenvalue weighted by molar-refractivity contribution is 1.07. The van der Waals surface area contributed by atoms with Crippen molar-refractivity contribution < 1.29 is 0 Å². The Balaban J connectivity index is 0.992. The molecular weight excluding hydrogens is 803 g/mol. The van der Waals surface area contributed by atoms with E-state index in [4.69, 9.17) is 24.9 Å². The molecule has 0 saturated carbocycles. The van der Waals surface area contributed by atoms with Crippen LogP contribution in [0.2, 0.25) is 0 Å². The van der Waals surface area contributed by atoms with Crippen molar-refractivity contribution in [3.8, 4) is 113 Å². The summed E-state index contributed by atoms with van der Waals surface area (Å²) < 4.78 is 0. The SMILES string of the molecule is c1ccc(-c2ccc(-c3nc(-c4ccccc4)nc(-c4cccc(-c5cccc(-c6cc(-c7ccccc7)cc(-c7nc(-c8ccccc8)cc(-c8ccccc8)n7)c6)c5)c4)n3)cc2)cc1. The van der Waals surface area contributed by atoms with Crippen LogP contribution >= 0.6 is 0 Å². The number of nitrogens with zero attached hydrogens (tertiary/aromatic N) is 5. The molecule has 5 heteroatoms. The predicted octanol–water partition coefficient (Wildman–Crippen LogP) is 15.3. The van der Waals surface area contributed by atoms with E-state index in [2.05, 4.69) is 170 Å². The normalized spacial score (nSPS) is 11.0. The zero-order chi connectivity index (χ0) is 44.1. The van der Waals surface area contributed by atoms with E-state index in [1.165, 1.54) is 0 Å². The summed E-state index contributed by atoms with van der Waals surface area (Å²) in [7, 11) is 0. The molecule has 2 heterocycles. The fourth-order valence-corrected chi connectivity index (χ4v) is 8.32. The number of benzene rings is 9. The van der Waals surface area contributed by atoms with Gasteiger partial charge in [0.25, 0.3) is 0 Å². The fourth-order valence-electron chi connectivity index (χ4n) is 8.32. The van der Waals surface area contributed by atoms with Gasteiger partial charge >= 0.3 is 0 Å². The van der Waals surface area contributed by atoms with Gasteiger partial charge in [0.05, 0.1) is 11.4 Å². The van der Waals surface area contributed by atoms with Crippen molar-refractivity contribution in [3.63, 3.8) is 0 Å². The molecule has 0 N–H and O–H groups in total. The van der Waals surface area contributed by atoms with Gasteiger partial charge in [-0.1, -0.05) is 212 Å². The Morgan fingerprint density at radius 1 is 0.152 bits per heavy atom. The minimum Gasteiger partial charge on any atom is -0.228 e. The second kappa shape index (κ2) is 18.0. The summed E-state index contributed by atoms with van der Waals surface area (Å²) >= 11 is 0. The average Bonchev–Trinajstić information content (AvgIpc) is 3.42. The average molecular weight is 844 g/mol. The van der Waals surface area contributed by atoms with Crippen molar-refractivity contribution in [2.45, 2.75) is 0 Å². The first-order chi connectivity index (χ1) is 32.7. The molecule has 310 valence electrons. The van der Waals surface area contributed by atoms with Crippen LogP contribution in [0, 0.1) is 0 Å². The van der Waals surface area contributed by atoms with Crippen LogP contribution in [-0.4, -0.2) is 24.9 Å². The zero-order valence-electron chi connectivity index (χ0n) is 35.9. The van der Waals surface area contributed by atoms with Crippen LogP contribution in [0.1, 0.15) is 0 Å². The lowest BCUT2D eigenvalue weighted by Crippen LogP contribution is -2.00. The van der Waals surface area contributed by atoms with Gasteiger partial charge in [0, 0.05) is 33.4 Å². The zero-order valence-corrected chi connectivity index (χ0v) is 35.9. The molecular formula is C61H41N5. The molecule has 5 nitrogen and oxygen atoms in total. The Labute approximate surface area is 384 Å². The summed E-state index contributed by atoms with van der Waals surface area (Å²) in [5.41, 5.74) is 16.3. The maximum Gasteiger partial charge on any atom is 0.164 e.